The lowest BCUT2D eigenvalue weighted by atomic mass is 9.97. The van der Waals surface area contributed by atoms with Crippen LogP contribution in [0.25, 0.3) is 11.1 Å². The standard InChI is InChI=1S/C14H10F2O2/c1-8(17)11-4-3-10(18)7-12(11)9-2-5-13(15)14(16)6-9/h2-7,18H,1H3. The quantitative estimate of drug-likeness (QED) is 0.825. The number of hydrogen-bond donors (Lipinski definition) is 1. The molecule has 0 aliphatic heterocycles. The number of phenols is 1. The van der Waals surface area contributed by atoms with Crippen molar-refractivity contribution in [2.45, 2.75) is 6.92 Å². The molecule has 0 amide bonds. The van der Waals surface area contributed by atoms with E-state index in [2.05, 4.69) is 0 Å². The van der Waals surface area contributed by atoms with Crippen LogP contribution in [0.15, 0.2) is 36.4 Å². The molecule has 2 rings (SSSR count). The summed E-state index contributed by atoms with van der Waals surface area (Å²) in [7, 11) is 0. The van der Waals surface area contributed by atoms with Crippen LogP contribution in [-0.2, 0) is 0 Å². The van der Waals surface area contributed by atoms with Crippen molar-refractivity contribution in [2.24, 2.45) is 0 Å². The van der Waals surface area contributed by atoms with Gasteiger partial charge in [0.25, 0.3) is 0 Å². The van der Waals surface area contributed by atoms with E-state index in [1.54, 1.807) is 0 Å². The lowest BCUT2D eigenvalue weighted by Crippen LogP contribution is -1.96. The maximum absolute atomic E-state index is 13.2. The molecule has 0 fully saturated rings. The van der Waals surface area contributed by atoms with Crippen molar-refractivity contribution in [3.8, 4) is 16.9 Å². The Labute approximate surface area is 103 Å². The molecule has 0 unspecified atom stereocenters. The summed E-state index contributed by atoms with van der Waals surface area (Å²) >= 11 is 0. The summed E-state index contributed by atoms with van der Waals surface area (Å²) in [4.78, 5) is 11.5. The topological polar surface area (TPSA) is 37.3 Å². The number of Topliss-reactive ketones (excluding diaryl/α,β-unsaturated/α-hetero) is 1. The number of hydrogen-bond acceptors (Lipinski definition) is 2. The maximum Gasteiger partial charge on any atom is 0.160 e. The zero-order chi connectivity index (χ0) is 13.3. The highest BCUT2D eigenvalue weighted by molar-refractivity contribution is 6.01. The number of carbonyl (C=O) groups excluding carboxylic acids is 1. The highest BCUT2D eigenvalue weighted by atomic mass is 19.2. The molecule has 2 nitrogen and oxygen atoms in total. The van der Waals surface area contributed by atoms with Gasteiger partial charge in [0.15, 0.2) is 17.4 Å². The monoisotopic (exact) mass is 248 g/mol. The zero-order valence-electron chi connectivity index (χ0n) is 9.58. The van der Waals surface area contributed by atoms with E-state index >= 15 is 0 Å². The number of halogens is 2. The first-order chi connectivity index (χ1) is 8.49. The largest absolute Gasteiger partial charge is 0.508 e. The van der Waals surface area contributed by atoms with Gasteiger partial charge < -0.3 is 5.11 Å². The van der Waals surface area contributed by atoms with Crippen LogP contribution < -0.4 is 0 Å². The normalized spacial score (nSPS) is 10.4. The minimum atomic E-state index is -0.995. The second-order valence-corrected chi connectivity index (χ2v) is 3.91. The van der Waals surface area contributed by atoms with Crippen LogP contribution >= 0.6 is 0 Å². The molecule has 0 bridgehead atoms. The highest BCUT2D eigenvalue weighted by Gasteiger charge is 2.12. The molecule has 0 spiro atoms. The Bertz CT molecular complexity index is 621. The third-order valence-electron chi connectivity index (χ3n) is 2.61. The molecule has 0 saturated carbocycles. The van der Waals surface area contributed by atoms with Gasteiger partial charge in [0.1, 0.15) is 5.75 Å². The van der Waals surface area contributed by atoms with Gasteiger partial charge in [0, 0.05) is 5.56 Å². The summed E-state index contributed by atoms with van der Waals surface area (Å²) in [6.45, 7) is 1.37. The number of carbonyl (C=O) groups is 1. The molecule has 0 aliphatic rings. The Kier molecular flexibility index (Phi) is 3.10. The smallest absolute Gasteiger partial charge is 0.160 e. The summed E-state index contributed by atoms with van der Waals surface area (Å²) in [5, 5.41) is 9.43. The van der Waals surface area contributed by atoms with Crippen LogP contribution in [-0.4, -0.2) is 10.9 Å². The van der Waals surface area contributed by atoms with Crippen molar-refractivity contribution in [2.75, 3.05) is 0 Å². The summed E-state index contributed by atoms with van der Waals surface area (Å²) in [5.74, 6) is -2.21. The average molecular weight is 248 g/mol. The van der Waals surface area contributed by atoms with Gasteiger partial charge in [-0.2, -0.15) is 0 Å². The van der Waals surface area contributed by atoms with Gasteiger partial charge in [-0.3, -0.25) is 4.79 Å². The number of ketones is 1. The van der Waals surface area contributed by atoms with Crippen molar-refractivity contribution in [1.82, 2.24) is 0 Å². The van der Waals surface area contributed by atoms with Crippen molar-refractivity contribution >= 4 is 5.78 Å². The second-order valence-electron chi connectivity index (χ2n) is 3.91. The molecule has 0 aliphatic carbocycles. The van der Waals surface area contributed by atoms with Gasteiger partial charge in [0.05, 0.1) is 0 Å². The Hall–Kier alpha value is -2.23. The predicted octanol–water partition coefficient (Wildman–Crippen LogP) is 3.54. The SMILES string of the molecule is CC(=O)c1ccc(O)cc1-c1ccc(F)c(F)c1. The van der Waals surface area contributed by atoms with Crippen molar-refractivity contribution < 1.29 is 18.7 Å². The number of benzene rings is 2. The number of rotatable bonds is 2. The van der Waals surface area contributed by atoms with Gasteiger partial charge in [-0.25, -0.2) is 8.78 Å². The van der Waals surface area contributed by atoms with Crippen LogP contribution in [0.1, 0.15) is 17.3 Å². The van der Waals surface area contributed by atoms with Crippen molar-refractivity contribution in [3.05, 3.63) is 53.6 Å². The second kappa shape index (κ2) is 4.56. The van der Waals surface area contributed by atoms with Gasteiger partial charge in [-0.05, 0) is 48.4 Å². The van der Waals surface area contributed by atoms with E-state index in [1.165, 1.54) is 31.2 Å². The van der Waals surface area contributed by atoms with E-state index in [-0.39, 0.29) is 11.5 Å². The van der Waals surface area contributed by atoms with E-state index in [0.717, 1.165) is 12.1 Å². The lowest BCUT2D eigenvalue weighted by Gasteiger charge is -2.08. The average Bonchev–Trinajstić information content (AvgIpc) is 2.32. The third-order valence-corrected chi connectivity index (χ3v) is 2.61. The summed E-state index contributed by atoms with van der Waals surface area (Å²) in [6, 6.07) is 7.52. The molecular formula is C14H10F2O2. The first kappa shape index (κ1) is 12.2. The fourth-order valence-corrected chi connectivity index (χ4v) is 1.74. The van der Waals surface area contributed by atoms with E-state index in [1.807, 2.05) is 0 Å². The Morgan fingerprint density at radius 1 is 1.06 bits per heavy atom. The van der Waals surface area contributed by atoms with Gasteiger partial charge in [-0.15, -0.1) is 0 Å². The first-order valence-corrected chi connectivity index (χ1v) is 5.28. The van der Waals surface area contributed by atoms with Crippen LogP contribution in [0.4, 0.5) is 8.78 Å². The molecule has 0 radical (unpaired) electrons. The molecule has 0 aromatic heterocycles. The fourth-order valence-electron chi connectivity index (χ4n) is 1.74. The fraction of sp³-hybridized carbons (Fsp3) is 0.0714. The zero-order valence-corrected chi connectivity index (χ0v) is 9.58. The predicted molar refractivity (Wildman–Crippen MR) is 63.5 cm³/mol. The van der Waals surface area contributed by atoms with Crippen LogP contribution in [0.3, 0.4) is 0 Å². The molecule has 1 N–H and O–H groups in total. The summed E-state index contributed by atoms with van der Waals surface area (Å²) < 4.78 is 26.0. The summed E-state index contributed by atoms with van der Waals surface area (Å²) in [5.41, 5.74) is 1.07. The minimum Gasteiger partial charge on any atom is -0.508 e. The van der Waals surface area contributed by atoms with Crippen molar-refractivity contribution in [3.63, 3.8) is 0 Å². The molecule has 4 heteroatoms. The molecule has 2 aromatic carbocycles. The first-order valence-electron chi connectivity index (χ1n) is 5.28. The lowest BCUT2D eigenvalue weighted by molar-refractivity contribution is 0.101. The van der Waals surface area contributed by atoms with Crippen LogP contribution in [0.5, 0.6) is 5.75 Å². The van der Waals surface area contributed by atoms with Crippen LogP contribution in [0, 0.1) is 11.6 Å². The molecule has 0 atom stereocenters. The van der Waals surface area contributed by atoms with Gasteiger partial charge in [-0.1, -0.05) is 6.07 Å². The Morgan fingerprint density at radius 3 is 2.39 bits per heavy atom. The maximum atomic E-state index is 13.2. The van der Waals surface area contributed by atoms with E-state index in [4.69, 9.17) is 0 Å². The van der Waals surface area contributed by atoms with Gasteiger partial charge in [0.2, 0.25) is 0 Å². The third kappa shape index (κ3) is 2.22. The Morgan fingerprint density at radius 2 is 1.78 bits per heavy atom. The van der Waals surface area contributed by atoms with Gasteiger partial charge >= 0.3 is 0 Å². The molecular weight excluding hydrogens is 238 g/mol. The Balaban J connectivity index is 2.65. The molecule has 92 valence electrons. The van der Waals surface area contributed by atoms with Crippen LogP contribution in [0.2, 0.25) is 0 Å². The number of aromatic hydroxyl groups is 1. The van der Waals surface area contributed by atoms with E-state index < -0.39 is 11.6 Å². The summed E-state index contributed by atoms with van der Waals surface area (Å²) in [6.07, 6.45) is 0. The molecule has 2 aromatic rings. The van der Waals surface area contributed by atoms with Crippen molar-refractivity contribution in [1.29, 1.82) is 0 Å². The van der Waals surface area contributed by atoms with E-state index in [0.29, 0.717) is 16.7 Å². The van der Waals surface area contributed by atoms with E-state index in [9.17, 15) is 18.7 Å². The molecule has 0 saturated heterocycles. The molecule has 18 heavy (non-hydrogen) atoms. The highest BCUT2D eigenvalue weighted by Crippen LogP contribution is 2.29. The number of phenolic OH excluding ortho intramolecular Hbond substituents is 1. The minimum absolute atomic E-state index is 0.0419. The molecule has 0 heterocycles.